The molecule has 0 radical (unpaired) electrons. The molecule has 124 valence electrons. The van der Waals surface area contributed by atoms with Crippen LogP contribution in [0.25, 0.3) is 0 Å². The predicted molar refractivity (Wildman–Crippen MR) is 89.7 cm³/mol. The van der Waals surface area contributed by atoms with E-state index in [2.05, 4.69) is 24.3 Å². The Morgan fingerprint density at radius 3 is 2.86 bits per heavy atom. The Kier molecular flexibility index (Phi) is 5.50. The average molecular weight is 327 g/mol. The number of halogens is 1. The van der Waals surface area contributed by atoms with E-state index in [1.807, 2.05) is 22.6 Å². The van der Waals surface area contributed by atoms with E-state index in [9.17, 15) is 4.79 Å². The molecule has 1 aromatic rings. The van der Waals surface area contributed by atoms with E-state index in [1.54, 1.807) is 0 Å². The van der Waals surface area contributed by atoms with Crippen LogP contribution in [0.5, 0.6) is 0 Å². The molecule has 0 spiro atoms. The molecule has 0 unspecified atom stereocenters. The zero-order valence-corrected chi connectivity index (χ0v) is 14.5. The number of nitrogens with zero attached hydrogens (tertiary/aromatic N) is 3. The second-order valence-electron chi connectivity index (χ2n) is 6.60. The SMILES string of the molecule is CCn1nc(C(C)C)cc1C(=O)N1C[C@@H]2CCCN[C@@H]2C1.Cl. The number of nitrogens with one attached hydrogen (secondary N) is 1. The number of hydrogen-bond donors (Lipinski definition) is 1. The molecule has 2 atom stereocenters. The summed E-state index contributed by atoms with van der Waals surface area (Å²) in [7, 11) is 0. The van der Waals surface area contributed by atoms with Gasteiger partial charge in [-0.1, -0.05) is 13.8 Å². The number of likely N-dealkylation sites (tertiary alicyclic amines) is 1. The van der Waals surface area contributed by atoms with E-state index >= 15 is 0 Å². The van der Waals surface area contributed by atoms with Crippen LogP contribution in [0.3, 0.4) is 0 Å². The van der Waals surface area contributed by atoms with Gasteiger partial charge in [-0.2, -0.15) is 5.10 Å². The van der Waals surface area contributed by atoms with E-state index in [1.165, 1.54) is 12.8 Å². The van der Waals surface area contributed by atoms with Gasteiger partial charge < -0.3 is 10.2 Å². The smallest absolute Gasteiger partial charge is 0.272 e. The van der Waals surface area contributed by atoms with Crippen LogP contribution >= 0.6 is 12.4 Å². The van der Waals surface area contributed by atoms with Crippen molar-refractivity contribution in [1.82, 2.24) is 20.0 Å². The highest BCUT2D eigenvalue weighted by Gasteiger charge is 2.37. The van der Waals surface area contributed by atoms with Gasteiger partial charge >= 0.3 is 0 Å². The zero-order valence-electron chi connectivity index (χ0n) is 13.7. The molecule has 1 amide bonds. The molecule has 3 rings (SSSR count). The van der Waals surface area contributed by atoms with E-state index in [0.29, 0.717) is 17.9 Å². The zero-order chi connectivity index (χ0) is 15.0. The predicted octanol–water partition coefficient (Wildman–Crippen LogP) is 2.27. The molecule has 5 nitrogen and oxygen atoms in total. The number of amides is 1. The molecular weight excluding hydrogens is 300 g/mol. The van der Waals surface area contributed by atoms with Gasteiger partial charge in [-0.05, 0) is 44.2 Å². The Labute approximate surface area is 138 Å². The fraction of sp³-hybridized carbons (Fsp3) is 0.750. The van der Waals surface area contributed by atoms with Crippen molar-refractivity contribution < 1.29 is 4.79 Å². The molecule has 22 heavy (non-hydrogen) atoms. The van der Waals surface area contributed by atoms with E-state index in [0.717, 1.165) is 37.6 Å². The summed E-state index contributed by atoms with van der Waals surface area (Å²) in [6.45, 7) is 9.84. The molecule has 1 N–H and O–H groups in total. The molecule has 6 heteroatoms. The molecular formula is C16H27ClN4O. The minimum atomic E-state index is 0. The first-order chi connectivity index (χ1) is 10.1. The third-order valence-corrected chi connectivity index (χ3v) is 4.80. The van der Waals surface area contributed by atoms with Gasteiger partial charge in [0.1, 0.15) is 5.69 Å². The Morgan fingerprint density at radius 2 is 2.23 bits per heavy atom. The van der Waals surface area contributed by atoms with Crippen LogP contribution in [0.15, 0.2) is 6.07 Å². The van der Waals surface area contributed by atoms with Crippen LogP contribution in [0, 0.1) is 5.92 Å². The number of carbonyl (C=O) groups excluding carboxylic acids is 1. The molecule has 3 heterocycles. The van der Waals surface area contributed by atoms with E-state index < -0.39 is 0 Å². The molecule has 0 aliphatic carbocycles. The first kappa shape index (κ1) is 17.3. The van der Waals surface area contributed by atoms with Crippen molar-refractivity contribution in [3.63, 3.8) is 0 Å². The van der Waals surface area contributed by atoms with Crippen LogP contribution in [0.1, 0.15) is 55.7 Å². The first-order valence-electron chi connectivity index (χ1n) is 8.20. The maximum atomic E-state index is 12.8. The van der Waals surface area contributed by atoms with Gasteiger partial charge in [0.25, 0.3) is 5.91 Å². The number of carbonyl (C=O) groups is 1. The van der Waals surface area contributed by atoms with Gasteiger partial charge in [0.15, 0.2) is 0 Å². The average Bonchev–Trinajstić information content (AvgIpc) is 3.10. The fourth-order valence-corrected chi connectivity index (χ4v) is 3.51. The third-order valence-electron chi connectivity index (χ3n) is 4.80. The molecule has 0 saturated carbocycles. The van der Waals surface area contributed by atoms with Gasteiger partial charge in [0.05, 0.1) is 5.69 Å². The highest BCUT2D eigenvalue weighted by atomic mass is 35.5. The number of rotatable bonds is 3. The molecule has 2 aliphatic rings. The standard InChI is InChI=1S/C16H26N4O.ClH/c1-4-20-15(8-13(18-20)11(2)3)16(21)19-9-12-6-5-7-17-14(12)10-19;/h8,11-12,14,17H,4-7,9-10H2,1-3H3;1H/t12-,14+;/m0./s1. The van der Waals surface area contributed by atoms with Crippen molar-refractivity contribution in [2.75, 3.05) is 19.6 Å². The number of fused-ring (bicyclic) bond motifs is 1. The van der Waals surface area contributed by atoms with Crippen molar-refractivity contribution >= 4 is 18.3 Å². The van der Waals surface area contributed by atoms with Crippen molar-refractivity contribution in [2.24, 2.45) is 5.92 Å². The molecule has 0 aromatic carbocycles. The Bertz CT molecular complexity index is 514. The molecule has 1 aromatic heterocycles. The maximum absolute atomic E-state index is 12.8. The second-order valence-corrected chi connectivity index (χ2v) is 6.60. The minimum absolute atomic E-state index is 0. The number of aryl methyl sites for hydroxylation is 1. The first-order valence-corrected chi connectivity index (χ1v) is 8.20. The van der Waals surface area contributed by atoms with Crippen molar-refractivity contribution in [1.29, 1.82) is 0 Å². The summed E-state index contributed by atoms with van der Waals surface area (Å²) in [6.07, 6.45) is 2.47. The lowest BCUT2D eigenvalue weighted by molar-refractivity contribution is 0.0773. The Hall–Kier alpha value is -1.07. The monoisotopic (exact) mass is 326 g/mol. The highest BCUT2D eigenvalue weighted by Crippen LogP contribution is 2.26. The summed E-state index contributed by atoms with van der Waals surface area (Å²) in [5.41, 5.74) is 1.76. The molecule has 2 saturated heterocycles. The normalized spacial score (nSPS) is 24.3. The summed E-state index contributed by atoms with van der Waals surface area (Å²) < 4.78 is 1.85. The van der Waals surface area contributed by atoms with Gasteiger partial charge in [0.2, 0.25) is 0 Å². The van der Waals surface area contributed by atoms with E-state index in [-0.39, 0.29) is 18.3 Å². The molecule has 2 aliphatic heterocycles. The summed E-state index contributed by atoms with van der Waals surface area (Å²) in [4.78, 5) is 14.9. The number of hydrogen-bond acceptors (Lipinski definition) is 3. The van der Waals surface area contributed by atoms with Crippen molar-refractivity contribution in [2.45, 2.75) is 52.1 Å². The van der Waals surface area contributed by atoms with Crippen molar-refractivity contribution in [3.8, 4) is 0 Å². The van der Waals surface area contributed by atoms with Crippen LogP contribution in [0.2, 0.25) is 0 Å². The Morgan fingerprint density at radius 1 is 1.45 bits per heavy atom. The lowest BCUT2D eigenvalue weighted by Gasteiger charge is -2.24. The quantitative estimate of drug-likeness (QED) is 0.927. The van der Waals surface area contributed by atoms with Crippen LogP contribution in [-0.2, 0) is 6.54 Å². The maximum Gasteiger partial charge on any atom is 0.272 e. The summed E-state index contributed by atoms with van der Waals surface area (Å²) in [6, 6.07) is 2.47. The third kappa shape index (κ3) is 3.15. The largest absolute Gasteiger partial charge is 0.335 e. The van der Waals surface area contributed by atoms with E-state index in [4.69, 9.17) is 0 Å². The van der Waals surface area contributed by atoms with Crippen LogP contribution in [0.4, 0.5) is 0 Å². The molecule has 0 bridgehead atoms. The lowest BCUT2D eigenvalue weighted by atomic mass is 9.94. The minimum Gasteiger partial charge on any atom is -0.335 e. The van der Waals surface area contributed by atoms with Crippen molar-refractivity contribution in [3.05, 3.63) is 17.5 Å². The Balaban J connectivity index is 0.00000176. The van der Waals surface area contributed by atoms with Gasteiger partial charge in [0, 0.05) is 25.7 Å². The highest BCUT2D eigenvalue weighted by molar-refractivity contribution is 5.93. The summed E-state index contributed by atoms with van der Waals surface area (Å²) in [5.74, 6) is 1.13. The number of piperidine rings is 1. The van der Waals surface area contributed by atoms with Crippen LogP contribution in [-0.4, -0.2) is 46.3 Å². The fourth-order valence-electron chi connectivity index (χ4n) is 3.51. The molecule has 2 fully saturated rings. The van der Waals surface area contributed by atoms with Gasteiger partial charge in [-0.15, -0.1) is 12.4 Å². The van der Waals surface area contributed by atoms with Gasteiger partial charge in [-0.25, -0.2) is 0 Å². The number of aromatic nitrogens is 2. The summed E-state index contributed by atoms with van der Waals surface area (Å²) >= 11 is 0. The summed E-state index contributed by atoms with van der Waals surface area (Å²) in [5, 5.41) is 8.12. The second kappa shape index (κ2) is 7.01. The topological polar surface area (TPSA) is 50.2 Å². The van der Waals surface area contributed by atoms with Gasteiger partial charge in [-0.3, -0.25) is 9.48 Å². The lowest BCUT2D eigenvalue weighted by Crippen LogP contribution is -2.41. The van der Waals surface area contributed by atoms with Crippen LogP contribution < -0.4 is 5.32 Å².